The first kappa shape index (κ1) is 25.9. The van der Waals surface area contributed by atoms with Crippen molar-refractivity contribution in [2.75, 3.05) is 26.7 Å². The van der Waals surface area contributed by atoms with Gasteiger partial charge in [0.05, 0.1) is 12.2 Å². The van der Waals surface area contributed by atoms with E-state index in [2.05, 4.69) is 39.8 Å². The van der Waals surface area contributed by atoms with E-state index in [4.69, 9.17) is 4.74 Å². The first-order valence-corrected chi connectivity index (χ1v) is 9.91. The predicted octanol–water partition coefficient (Wildman–Crippen LogP) is 3.81. The third-order valence-corrected chi connectivity index (χ3v) is 4.37. The number of thiazole rings is 1. The highest BCUT2D eigenvalue weighted by Crippen LogP contribution is 2.17. The van der Waals surface area contributed by atoms with Crippen molar-refractivity contribution >= 4 is 47.4 Å². The van der Waals surface area contributed by atoms with E-state index in [1.807, 2.05) is 27.7 Å². The van der Waals surface area contributed by atoms with Gasteiger partial charge in [-0.1, -0.05) is 13.8 Å². The van der Waals surface area contributed by atoms with Crippen LogP contribution < -0.4 is 10.6 Å². The Kier molecular flexibility index (Phi) is 11.9. The predicted molar refractivity (Wildman–Crippen MR) is 123 cm³/mol. The highest BCUT2D eigenvalue weighted by Gasteiger charge is 2.20. The van der Waals surface area contributed by atoms with Gasteiger partial charge in [-0.2, -0.15) is 0 Å². The quantitative estimate of drug-likeness (QED) is 0.331. The molecule has 0 saturated carbocycles. The third kappa shape index (κ3) is 10.1. The largest absolute Gasteiger partial charge is 0.444 e. The van der Waals surface area contributed by atoms with Gasteiger partial charge >= 0.3 is 6.09 Å². The van der Waals surface area contributed by atoms with E-state index in [-0.39, 0.29) is 30.1 Å². The summed E-state index contributed by atoms with van der Waals surface area (Å²) in [5.41, 5.74) is 0.628. The van der Waals surface area contributed by atoms with Gasteiger partial charge in [0.15, 0.2) is 5.96 Å². The maximum Gasteiger partial charge on any atom is 0.410 e. The van der Waals surface area contributed by atoms with Crippen LogP contribution in [0.5, 0.6) is 0 Å². The molecule has 1 amide bonds. The number of hydrogen-bond donors (Lipinski definition) is 2. The van der Waals surface area contributed by atoms with Gasteiger partial charge in [-0.25, -0.2) is 9.78 Å². The van der Waals surface area contributed by atoms with E-state index in [9.17, 15) is 4.79 Å². The lowest BCUT2D eigenvalue weighted by atomic mass is 10.2. The van der Waals surface area contributed by atoms with Crippen LogP contribution in [0.3, 0.4) is 0 Å². The van der Waals surface area contributed by atoms with Crippen LogP contribution in [0.1, 0.15) is 58.2 Å². The van der Waals surface area contributed by atoms with E-state index in [0.717, 1.165) is 10.7 Å². The Hall–Kier alpha value is -1.10. The van der Waals surface area contributed by atoms with Crippen molar-refractivity contribution in [3.63, 3.8) is 0 Å². The fourth-order valence-corrected chi connectivity index (χ4v) is 2.96. The minimum Gasteiger partial charge on any atom is -0.444 e. The molecule has 0 saturated heterocycles. The van der Waals surface area contributed by atoms with E-state index >= 15 is 0 Å². The molecule has 1 rings (SSSR count). The molecule has 0 aliphatic heterocycles. The van der Waals surface area contributed by atoms with Gasteiger partial charge in [0, 0.05) is 32.1 Å². The smallest absolute Gasteiger partial charge is 0.410 e. The molecule has 0 bridgehead atoms. The standard InChI is InChI=1S/C18H33N5O2S.HI/c1-8-23(17(24)25-18(4,5)6)10-9-20-16(19-7)21-11-15-22-14(12-26-15)13(2)3;/h12-13H,8-11H2,1-7H3,(H2,19,20,21);1H. The van der Waals surface area contributed by atoms with Gasteiger partial charge in [0.2, 0.25) is 0 Å². The van der Waals surface area contributed by atoms with Gasteiger partial charge < -0.3 is 20.3 Å². The summed E-state index contributed by atoms with van der Waals surface area (Å²) in [6.07, 6.45) is -0.297. The molecule has 1 aromatic rings. The Morgan fingerprint density at radius 3 is 2.52 bits per heavy atom. The van der Waals surface area contributed by atoms with Gasteiger partial charge in [-0.3, -0.25) is 4.99 Å². The summed E-state index contributed by atoms with van der Waals surface area (Å²) < 4.78 is 5.41. The van der Waals surface area contributed by atoms with Gasteiger partial charge in [-0.05, 0) is 33.6 Å². The second kappa shape index (κ2) is 12.4. The SMILES string of the molecule is CCN(CCNC(=NC)NCc1nc(C(C)C)cs1)C(=O)OC(C)(C)C.I. The number of carbonyl (C=O) groups excluding carboxylic acids is 1. The topological polar surface area (TPSA) is 78.9 Å². The van der Waals surface area contributed by atoms with Crippen molar-refractivity contribution in [1.29, 1.82) is 0 Å². The zero-order valence-electron chi connectivity index (χ0n) is 17.5. The maximum absolute atomic E-state index is 12.1. The van der Waals surface area contributed by atoms with Crippen molar-refractivity contribution in [2.45, 2.75) is 59.6 Å². The molecular weight excluding hydrogens is 477 g/mol. The Labute approximate surface area is 184 Å². The molecule has 0 aromatic carbocycles. The molecule has 0 unspecified atom stereocenters. The monoisotopic (exact) mass is 511 g/mol. The summed E-state index contributed by atoms with van der Waals surface area (Å²) in [6.45, 7) is 14.2. The lowest BCUT2D eigenvalue weighted by molar-refractivity contribution is 0.0264. The summed E-state index contributed by atoms with van der Waals surface area (Å²) in [5, 5.41) is 9.59. The summed E-state index contributed by atoms with van der Waals surface area (Å²) >= 11 is 1.65. The van der Waals surface area contributed by atoms with Crippen molar-refractivity contribution in [2.24, 2.45) is 4.99 Å². The van der Waals surface area contributed by atoms with E-state index in [0.29, 0.717) is 38.1 Å². The molecule has 0 fully saturated rings. The number of rotatable bonds is 7. The average molecular weight is 511 g/mol. The summed E-state index contributed by atoms with van der Waals surface area (Å²) in [4.78, 5) is 22.6. The lowest BCUT2D eigenvalue weighted by Crippen LogP contribution is -2.44. The molecular formula is C18H34IN5O2S. The van der Waals surface area contributed by atoms with Crippen molar-refractivity contribution in [1.82, 2.24) is 20.5 Å². The minimum absolute atomic E-state index is 0. The number of likely N-dealkylation sites (N-methyl/N-ethyl adjacent to an activating group) is 1. The van der Waals surface area contributed by atoms with E-state index in [1.165, 1.54) is 0 Å². The molecule has 7 nitrogen and oxygen atoms in total. The number of aromatic nitrogens is 1. The van der Waals surface area contributed by atoms with Crippen molar-refractivity contribution < 1.29 is 9.53 Å². The first-order valence-electron chi connectivity index (χ1n) is 9.03. The van der Waals surface area contributed by atoms with Crippen LogP contribution in [0.25, 0.3) is 0 Å². The van der Waals surface area contributed by atoms with E-state index < -0.39 is 5.60 Å². The Morgan fingerprint density at radius 2 is 2.04 bits per heavy atom. The fraction of sp³-hybridized carbons (Fsp3) is 0.722. The number of ether oxygens (including phenoxy) is 1. The van der Waals surface area contributed by atoms with Crippen LogP contribution in [-0.4, -0.2) is 54.2 Å². The van der Waals surface area contributed by atoms with Crippen LogP contribution in [-0.2, 0) is 11.3 Å². The van der Waals surface area contributed by atoms with Gasteiger partial charge in [0.25, 0.3) is 0 Å². The first-order chi connectivity index (χ1) is 12.2. The second-order valence-electron chi connectivity index (χ2n) is 7.23. The number of hydrogen-bond acceptors (Lipinski definition) is 5. The maximum atomic E-state index is 12.1. The molecule has 0 radical (unpaired) electrons. The van der Waals surface area contributed by atoms with Crippen molar-refractivity contribution in [3.8, 4) is 0 Å². The minimum atomic E-state index is -0.488. The van der Waals surface area contributed by atoms with Crippen LogP contribution in [0.15, 0.2) is 10.4 Å². The number of aliphatic imine (C=N–C) groups is 1. The Bertz CT molecular complexity index is 599. The van der Waals surface area contributed by atoms with Gasteiger partial charge in [0.1, 0.15) is 10.6 Å². The average Bonchev–Trinajstić information content (AvgIpc) is 3.01. The Morgan fingerprint density at radius 1 is 1.37 bits per heavy atom. The molecule has 156 valence electrons. The van der Waals surface area contributed by atoms with Crippen LogP contribution in [0, 0.1) is 0 Å². The Balaban J connectivity index is 0.00000676. The van der Waals surface area contributed by atoms with Crippen molar-refractivity contribution in [3.05, 3.63) is 16.1 Å². The lowest BCUT2D eigenvalue weighted by Gasteiger charge is -2.26. The molecule has 0 aliphatic rings. The molecule has 0 spiro atoms. The second-order valence-corrected chi connectivity index (χ2v) is 8.18. The van der Waals surface area contributed by atoms with Gasteiger partial charge in [-0.15, -0.1) is 35.3 Å². The molecule has 2 N–H and O–H groups in total. The molecule has 1 aromatic heterocycles. The molecule has 1 heterocycles. The molecule has 9 heteroatoms. The van der Waals surface area contributed by atoms with E-state index in [1.54, 1.807) is 23.3 Å². The highest BCUT2D eigenvalue weighted by atomic mass is 127. The molecule has 27 heavy (non-hydrogen) atoms. The van der Waals surface area contributed by atoms with Crippen LogP contribution in [0.4, 0.5) is 4.79 Å². The molecule has 0 aliphatic carbocycles. The highest BCUT2D eigenvalue weighted by molar-refractivity contribution is 14.0. The van der Waals surface area contributed by atoms with Crippen LogP contribution in [0.2, 0.25) is 0 Å². The fourth-order valence-electron chi connectivity index (χ4n) is 2.07. The summed E-state index contributed by atoms with van der Waals surface area (Å²) in [7, 11) is 1.72. The number of guanidine groups is 1. The number of halogens is 1. The summed E-state index contributed by atoms with van der Waals surface area (Å²) in [5.74, 6) is 1.12. The summed E-state index contributed by atoms with van der Waals surface area (Å²) in [6, 6.07) is 0. The zero-order valence-corrected chi connectivity index (χ0v) is 20.6. The number of carbonyl (C=O) groups is 1. The normalized spacial score (nSPS) is 11.8. The number of nitrogens with one attached hydrogen (secondary N) is 2. The molecule has 0 atom stereocenters. The number of amides is 1. The zero-order chi connectivity index (χ0) is 19.7. The van der Waals surface area contributed by atoms with Crippen LogP contribution >= 0.6 is 35.3 Å². The third-order valence-electron chi connectivity index (χ3n) is 3.50. The number of nitrogens with zero attached hydrogens (tertiary/aromatic N) is 3.